The molecule has 1 N–H and O–H groups in total. The highest BCUT2D eigenvalue weighted by Gasteiger charge is 2.34. The van der Waals surface area contributed by atoms with E-state index in [0.717, 1.165) is 12.1 Å². The van der Waals surface area contributed by atoms with Crippen LogP contribution < -0.4 is 0 Å². The second-order valence-corrected chi connectivity index (χ2v) is 5.17. The SMILES string of the molecule is O=Cc1ncn(CC(O)(Cn2cncn2)c2ccc(F)cc2F)n1. The van der Waals surface area contributed by atoms with E-state index in [0.29, 0.717) is 12.4 Å². The van der Waals surface area contributed by atoms with Gasteiger partial charge in [-0.05, 0) is 6.07 Å². The molecule has 3 aromatic rings. The molecule has 0 bridgehead atoms. The van der Waals surface area contributed by atoms with E-state index in [1.165, 1.54) is 28.3 Å². The van der Waals surface area contributed by atoms with Gasteiger partial charge < -0.3 is 5.11 Å². The summed E-state index contributed by atoms with van der Waals surface area (Å²) in [4.78, 5) is 18.2. The van der Waals surface area contributed by atoms with Crippen LogP contribution in [0.2, 0.25) is 0 Å². The second-order valence-electron chi connectivity index (χ2n) is 5.17. The fourth-order valence-corrected chi connectivity index (χ4v) is 2.38. The molecule has 0 saturated carbocycles. The fourth-order valence-electron chi connectivity index (χ4n) is 2.38. The van der Waals surface area contributed by atoms with Gasteiger partial charge in [-0.3, -0.25) is 4.79 Å². The summed E-state index contributed by atoms with van der Waals surface area (Å²) in [6.45, 7) is -0.387. The monoisotopic (exact) mass is 334 g/mol. The number of halogens is 2. The van der Waals surface area contributed by atoms with E-state index in [-0.39, 0.29) is 24.5 Å². The summed E-state index contributed by atoms with van der Waals surface area (Å²) < 4.78 is 29.9. The van der Waals surface area contributed by atoms with E-state index in [1.807, 2.05) is 0 Å². The molecule has 124 valence electrons. The highest BCUT2D eigenvalue weighted by atomic mass is 19.1. The number of aromatic nitrogens is 6. The van der Waals surface area contributed by atoms with Gasteiger partial charge in [-0.1, -0.05) is 6.07 Å². The Bertz CT molecular complexity index is 851. The van der Waals surface area contributed by atoms with Crippen LogP contribution in [-0.4, -0.2) is 40.9 Å². The van der Waals surface area contributed by atoms with E-state index in [2.05, 4.69) is 20.2 Å². The summed E-state index contributed by atoms with van der Waals surface area (Å²) in [6, 6.07) is 2.88. The van der Waals surface area contributed by atoms with Crippen LogP contribution in [0.1, 0.15) is 16.2 Å². The summed E-state index contributed by atoms with van der Waals surface area (Å²) in [5, 5.41) is 18.8. The van der Waals surface area contributed by atoms with Crippen molar-refractivity contribution < 1.29 is 18.7 Å². The van der Waals surface area contributed by atoms with Gasteiger partial charge in [-0.25, -0.2) is 28.1 Å². The number of aliphatic hydroxyl groups is 1. The van der Waals surface area contributed by atoms with Gasteiger partial charge >= 0.3 is 0 Å². The third-order valence-corrected chi connectivity index (χ3v) is 3.41. The molecule has 1 aromatic carbocycles. The molecular formula is C14H12F2N6O2. The maximum absolute atomic E-state index is 14.2. The van der Waals surface area contributed by atoms with Crippen LogP contribution in [0.15, 0.2) is 37.2 Å². The Labute approximate surface area is 134 Å². The van der Waals surface area contributed by atoms with Crippen molar-refractivity contribution in [2.45, 2.75) is 18.7 Å². The van der Waals surface area contributed by atoms with Crippen LogP contribution in [-0.2, 0) is 18.7 Å². The lowest BCUT2D eigenvalue weighted by Gasteiger charge is -2.28. The van der Waals surface area contributed by atoms with Gasteiger partial charge in [0, 0.05) is 11.6 Å². The van der Waals surface area contributed by atoms with Crippen molar-refractivity contribution in [3.63, 3.8) is 0 Å². The Morgan fingerprint density at radius 3 is 2.62 bits per heavy atom. The molecular weight excluding hydrogens is 322 g/mol. The normalized spacial score (nSPS) is 13.6. The molecule has 24 heavy (non-hydrogen) atoms. The molecule has 0 saturated heterocycles. The predicted molar refractivity (Wildman–Crippen MR) is 75.7 cm³/mol. The molecule has 8 nitrogen and oxygen atoms in total. The van der Waals surface area contributed by atoms with Gasteiger partial charge in [0.15, 0.2) is 6.29 Å². The maximum atomic E-state index is 14.2. The first-order chi connectivity index (χ1) is 11.5. The third-order valence-electron chi connectivity index (χ3n) is 3.41. The third kappa shape index (κ3) is 3.18. The lowest BCUT2D eigenvalue weighted by atomic mass is 9.93. The Kier molecular flexibility index (Phi) is 4.13. The van der Waals surface area contributed by atoms with E-state index in [9.17, 15) is 18.7 Å². The number of benzene rings is 1. The van der Waals surface area contributed by atoms with Crippen molar-refractivity contribution >= 4 is 6.29 Å². The first-order valence-electron chi connectivity index (χ1n) is 6.85. The summed E-state index contributed by atoms with van der Waals surface area (Å²) in [6.07, 6.45) is 4.30. The average molecular weight is 334 g/mol. The van der Waals surface area contributed by atoms with E-state index >= 15 is 0 Å². The summed E-state index contributed by atoms with van der Waals surface area (Å²) in [5.74, 6) is -1.74. The molecule has 0 fully saturated rings. The van der Waals surface area contributed by atoms with Crippen LogP contribution in [0, 0.1) is 11.6 Å². The minimum absolute atomic E-state index is 0.0716. The maximum Gasteiger partial charge on any atom is 0.213 e. The van der Waals surface area contributed by atoms with Crippen molar-refractivity contribution in [1.29, 1.82) is 0 Å². The first-order valence-corrected chi connectivity index (χ1v) is 6.85. The number of rotatable bonds is 6. The van der Waals surface area contributed by atoms with Crippen LogP contribution >= 0.6 is 0 Å². The van der Waals surface area contributed by atoms with Gasteiger partial charge in [0.2, 0.25) is 5.82 Å². The average Bonchev–Trinajstić information content (AvgIpc) is 3.18. The Balaban J connectivity index is 2.00. The number of aldehydes is 1. The number of carbonyl (C=O) groups excluding carboxylic acids is 1. The molecule has 0 radical (unpaired) electrons. The minimum atomic E-state index is -1.82. The summed E-state index contributed by atoms with van der Waals surface area (Å²) >= 11 is 0. The van der Waals surface area contributed by atoms with E-state index in [4.69, 9.17) is 0 Å². The lowest BCUT2D eigenvalue weighted by Crippen LogP contribution is -2.37. The molecule has 2 heterocycles. The standard InChI is InChI=1S/C14H12F2N6O2/c15-10-1-2-11(12(16)3-10)14(24,5-21-8-17-7-19-21)6-22-9-18-13(4-23)20-22/h1-4,7-9,24H,5-6H2. The van der Waals surface area contributed by atoms with Crippen LogP contribution in [0.5, 0.6) is 0 Å². The molecule has 0 amide bonds. The number of hydrogen-bond donors (Lipinski definition) is 1. The molecule has 0 aliphatic heterocycles. The van der Waals surface area contributed by atoms with Gasteiger partial charge in [0.1, 0.15) is 36.2 Å². The minimum Gasteiger partial charge on any atom is -0.381 e. The van der Waals surface area contributed by atoms with Crippen LogP contribution in [0.25, 0.3) is 0 Å². The molecule has 3 rings (SSSR count). The quantitative estimate of drug-likeness (QED) is 0.661. The van der Waals surface area contributed by atoms with E-state index in [1.54, 1.807) is 0 Å². The van der Waals surface area contributed by atoms with Crippen LogP contribution in [0.3, 0.4) is 0 Å². The van der Waals surface area contributed by atoms with Crippen LogP contribution in [0.4, 0.5) is 8.78 Å². The fraction of sp³-hybridized carbons (Fsp3) is 0.214. The van der Waals surface area contributed by atoms with Crippen molar-refractivity contribution in [1.82, 2.24) is 29.5 Å². The van der Waals surface area contributed by atoms with Crippen molar-refractivity contribution in [3.05, 3.63) is 60.2 Å². The smallest absolute Gasteiger partial charge is 0.213 e. The summed E-state index contributed by atoms with van der Waals surface area (Å²) in [5.41, 5.74) is -1.96. The Morgan fingerprint density at radius 2 is 2.00 bits per heavy atom. The van der Waals surface area contributed by atoms with Gasteiger partial charge in [-0.2, -0.15) is 5.10 Å². The molecule has 1 unspecified atom stereocenters. The topological polar surface area (TPSA) is 98.7 Å². The number of hydrogen-bond acceptors (Lipinski definition) is 6. The van der Waals surface area contributed by atoms with Gasteiger partial charge in [0.25, 0.3) is 0 Å². The lowest BCUT2D eigenvalue weighted by molar-refractivity contribution is -0.00861. The number of nitrogens with zero attached hydrogens (tertiary/aromatic N) is 6. The molecule has 0 spiro atoms. The zero-order valence-electron chi connectivity index (χ0n) is 12.3. The van der Waals surface area contributed by atoms with Crippen molar-refractivity contribution in [2.24, 2.45) is 0 Å². The molecule has 1 atom stereocenters. The molecule has 2 aromatic heterocycles. The molecule has 10 heteroatoms. The highest BCUT2D eigenvalue weighted by molar-refractivity contribution is 5.68. The summed E-state index contributed by atoms with van der Waals surface area (Å²) in [7, 11) is 0. The largest absolute Gasteiger partial charge is 0.381 e. The molecule has 0 aliphatic carbocycles. The predicted octanol–water partition coefficient (Wildman–Crippen LogP) is 0.548. The van der Waals surface area contributed by atoms with Gasteiger partial charge in [0.05, 0.1) is 13.1 Å². The van der Waals surface area contributed by atoms with Crippen molar-refractivity contribution in [3.8, 4) is 0 Å². The first kappa shape index (κ1) is 15.9. The van der Waals surface area contributed by atoms with Crippen molar-refractivity contribution in [2.75, 3.05) is 0 Å². The number of carbonyl (C=O) groups is 1. The Hall–Kier alpha value is -3.01. The zero-order chi connectivity index (χ0) is 17.2. The Morgan fingerprint density at radius 1 is 1.21 bits per heavy atom. The molecule has 0 aliphatic rings. The zero-order valence-corrected chi connectivity index (χ0v) is 12.3. The second kappa shape index (κ2) is 6.24. The van der Waals surface area contributed by atoms with Gasteiger partial charge in [-0.15, -0.1) is 5.10 Å². The highest BCUT2D eigenvalue weighted by Crippen LogP contribution is 2.28. The van der Waals surface area contributed by atoms with E-state index < -0.39 is 17.2 Å².